The highest BCUT2D eigenvalue weighted by molar-refractivity contribution is 5.94. The van der Waals surface area contributed by atoms with E-state index < -0.39 is 0 Å². The first-order valence-electron chi connectivity index (χ1n) is 6.28. The highest BCUT2D eigenvalue weighted by atomic mass is 16.5. The van der Waals surface area contributed by atoms with Crippen molar-refractivity contribution in [1.82, 2.24) is 4.90 Å². The van der Waals surface area contributed by atoms with Crippen molar-refractivity contribution >= 4 is 5.91 Å². The Kier molecular flexibility index (Phi) is 4.25. The SMILES string of the molecule is COc1ccccc1CN(C)C(=O)c1ccc(O)cc1. The van der Waals surface area contributed by atoms with Gasteiger partial charge in [-0.2, -0.15) is 0 Å². The van der Waals surface area contributed by atoms with Crippen molar-refractivity contribution in [3.05, 3.63) is 59.7 Å². The number of amides is 1. The van der Waals surface area contributed by atoms with Crippen molar-refractivity contribution in [2.45, 2.75) is 6.54 Å². The first-order chi connectivity index (χ1) is 9.61. The van der Waals surface area contributed by atoms with Crippen LogP contribution in [0.5, 0.6) is 11.5 Å². The van der Waals surface area contributed by atoms with Crippen LogP contribution in [-0.2, 0) is 6.54 Å². The smallest absolute Gasteiger partial charge is 0.253 e. The Labute approximate surface area is 118 Å². The van der Waals surface area contributed by atoms with Crippen molar-refractivity contribution in [3.8, 4) is 11.5 Å². The predicted molar refractivity (Wildman–Crippen MR) is 76.9 cm³/mol. The Morgan fingerprint density at radius 3 is 2.45 bits per heavy atom. The zero-order valence-electron chi connectivity index (χ0n) is 11.5. The number of para-hydroxylation sites is 1. The third-order valence-electron chi connectivity index (χ3n) is 3.06. The average Bonchev–Trinajstić information content (AvgIpc) is 2.48. The van der Waals surface area contributed by atoms with Gasteiger partial charge >= 0.3 is 0 Å². The molecule has 0 aromatic heterocycles. The lowest BCUT2D eigenvalue weighted by molar-refractivity contribution is 0.0784. The van der Waals surface area contributed by atoms with E-state index in [0.717, 1.165) is 11.3 Å². The molecule has 2 aromatic rings. The van der Waals surface area contributed by atoms with Crippen LogP contribution in [0.15, 0.2) is 48.5 Å². The van der Waals surface area contributed by atoms with Gasteiger partial charge in [-0.15, -0.1) is 0 Å². The summed E-state index contributed by atoms with van der Waals surface area (Å²) in [5, 5.41) is 9.24. The maximum absolute atomic E-state index is 12.3. The van der Waals surface area contributed by atoms with Crippen LogP contribution in [0.25, 0.3) is 0 Å². The molecule has 0 aliphatic heterocycles. The van der Waals surface area contributed by atoms with Crippen molar-refractivity contribution in [2.24, 2.45) is 0 Å². The Morgan fingerprint density at radius 1 is 1.15 bits per heavy atom. The van der Waals surface area contributed by atoms with E-state index in [1.165, 1.54) is 12.1 Å². The number of rotatable bonds is 4. The molecule has 0 saturated carbocycles. The average molecular weight is 271 g/mol. The molecule has 0 unspecified atom stereocenters. The van der Waals surface area contributed by atoms with Gasteiger partial charge in [0.1, 0.15) is 11.5 Å². The molecule has 4 heteroatoms. The zero-order valence-corrected chi connectivity index (χ0v) is 11.5. The summed E-state index contributed by atoms with van der Waals surface area (Å²) < 4.78 is 5.28. The lowest BCUT2D eigenvalue weighted by Gasteiger charge is -2.19. The van der Waals surface area contributed by atoms with Gasteiger partial charge in [0, 0.05) is 24.7 Å². The number of carbonyl (C=O) groups excluding carboxylic acids is 1. The number of phenolic OH excluding ortho intramolecular Hbond substituents is 1. The summed E-state index contributed by atoms with van der Waals surface area (Å²) in [5.41, 5.74) is 1.49. The standard InChI is InChI=1S/C16H17NO3/c1-17(11-13-5-3-4-6-15(13)20-2)16(19)12-7-9-14(18)10-8-12/h3-10,18H,11H2,1-2H3. The number of benzene rings is 2. The Morgan fingerprint density at radius 2 is 1.80 bits per heavy atom. The van der Waals surface area contributed by atoms with Gasteiger partial charge in [-0.05, 0) is 30.3 Å². The molecule has 4 nitrogen and oxygen atoms in total. The van der Waals surface area contributed by atoms with Gasteiger partial charge in [0.25, 0.3) is 5.91 Å². The van der Waals surface area contributed by atoms with E-state index in [9.17, 15) is 9.90 Å². The molecule has 0 radical (unpaired) electrons. The number of phenols is 1. The summed E-state index contributed by atoms with van der Waals surface area (Å²) in [7, 11) is 3.35. The quantitative estimate of drug-likeness (QED) is 0.930. The van der Waals surface area contributed by atoms with Gasteiger partial charge in [-0.1, -0.05) is 18.2 Å². The zero-order chi connectivity index (χ0) is 14.5. The van der Waals surface area contributed by atoms with Crippen LogP contribution in [0.4, 0.5) is 0 Å². The first kappa shape index (κ1) is 13.9. The van der Waals surface area contributed by atoms with E-state index in [1.807, 2.05) is 24.3 Å². The molecule has 2 rings (SSSR count). The lowest BCUT2D eigenvalue weighted by atomic mass is 10.1. The van der Waals surface area contributed by atoms with Crippen molar-refractivity contribution in [2.75, 3.05) is 14.2 Å². The van der Waals surface area contributed by atoms with E-state index in [-0.39, 0.29) is 11.7 Å². The van der Waals surface area contributed by atoms with Crippen LogP contribution >= 0.6 is 0 Å². The normalized spacial score (nSPS) is 10.1. The summed E-state index contributed by atoms with van der Waals surface area (Å²) in [4.78, 5) is 13.9. The molecular formula is C16H17NO3. The minimum absolute atomic E-state index is 0.101. The molecule has 1 N–H and O–H groups in total. The van der Waals surface area contributed by atoms with Crippen LogP contribution in [-0.4, -0.2) is 30.1 Å². The number of nitrogens with zero attached hydrogens (tertiary/aromatic N) is 1. The van der Waals surface area contributed by atoms with Gasteiger partial charge in [-0.25, -0.2) is 0 Å². The Hall–Kier alpha value is -2.49. The summed E-state index contributed by atoms with van der Waals surface area (Å²) in [5.74, 6) is 0.808. The van der Waals surface area contributed by atoms with Crippen LogP contribution in [0.2, 0.25) is 0 Å². The molecule has 0 atom stereocenters. The molecule has 104 valence electrons. The minimum atomic E-state index is -0.101. The summed E-state index contributed by atoms with van der Waals surface area (Å²) in [6, 6.07) is 13.8. The van der Waals surface area contributed by atoms with Crippen LogP contribution in [0, 0.1) is 0 Å². The first-order valence-corrected chi connectivity index (χ1v) is 6.28. The molecule has 0 bridgehead atoms. The molecule has 1 amide bonds. The fourth-order valence-electron chi connectivity index (χ4n) is 1.99. The highest BCUT2D eigenvalue weighted by Crippen LogP contribution is 2.20. The monoisotopic (exact) mass is 271 g/mol. The molecule has 0 spiro atoms. The number of ether oxygens (including phenoxy) is 1. The fourth-order valence-corrected chi connectivity index (χ4v) is 1.99. The molecule has 0 fully saturated rings. The van der Waals surface area contributed by atoms with Crippen molar-refractivity contribution in [3.63, 3.8) is 0 Å². The summed E-state index contributed by atoms with van der Waals surface area (Å²) in [6.45, 7) is 0.462. The second-order valence-electron chi connectivity index (χ2n) is 4.52. The summed E-state index contributed by atoms with van der Waals surface area (Å²) in [6.07, 6.45) is 0. The van der Waals surface area contributed by atoms with Gasteiger partial charge in [0.15, 0.2) is 0 Å². The third-order valence-corrected chi connectivity index (χ3v) is 3.06. The second kappa shape index (κ2) is 6.10. The van der Waals surface area contributed by atoms with Gasteiger partial charge in [-0.3, -0.25) is 4.79 Å². The van der Waals surface area contributed by atoms with Gasteiger partial charge < -0.3 is 14.7 Å². The Bertz CT molecular complexity index is 593. The van der Waals surface area contributed by atoms with Gasteiger partial charge in [0.05, 0.1) is 7.11 Å². The van der Waals surface area contributed by atoms with E-state index in [1.54, 1.807) is 31.2 Å². The second-order valence-corrected chi connectivity index (χ2v) is 4.52. The summed E-state index contributed by atoms with van der Waals surface area (Å²) >= 11 is 0. The van der Waals surface area contributed by atoms with E-state index in [4.69, 9.17) is 4.74 Å². The van der Waals surface area contributed by atoms with Crippen LogP contribution < -0.4 is 4.74 Å². The van der Waals surface area contributed by atoms with Crippen molar-refractivity contribution in [1.29, 1.82) is 0 Å². The maximum atomic E-state index is 12.3. The number of hydrogen-bond donors (Lipinski definition) is 1. The van der Waals surface area contributed by atoms with E-state index in [0.29, 0.717) is 12.1 Å². The predicted octanol–water partition coefficient (Wildman–Crippen LogP) is 2.67. The Balaban J connectivity index is 2.13. The lowest BCUT2D eigenvalue weighted by Crippen LogP contribution is -2.26. The number of hydrogen-bond acceptors (Lipinski definition) is 3. The van der Waals surface area contributed by atoms with E-state index >= 15 is 0 Å². The molecule has 0 saturated heterocycles. The molecular weight excluding hydrogens is 254 g/mol. The topological polar surface area (TPSA) is 49.8 Å². The fraction of sp³-hybridized carbons (Fsp3) is 0.188. The van der Waals surface area contributed by atoms with E-state index in [2.05, 4.69) is 0 Å². The molecule has 0 heterocycles. The maximum Gasteiger partial charge on any atom is 0.253 e. The van der Waals surface area contributed by atoms with Crippen LogP contribution in [0.1, 0.15) is 15.9 Å². The number of carbonyl (C=O) groups is 1. The highest BCUT2D eigenvalue weighted by Gasteiger charge is 2.13. The third kappa shape index (κ3) is 3.09. The molecule has 2 aromatic carbocycles. The number of aromatic hydroxyl groups is 1. The van der Waals surface area contributed by atoms with Crippen molar-refractivity contribution < 1.29 is 14.6 Å². The minimum Gasteiger partial charge on any atom is -0.508 e. The van der Waals surface area contributed by atoms with Crippen LogP contribution in [0.3, 0.4) is 0 Å². The van der Waals surface area contributed by atoms with Gasteiger partial charge in [0.2, 0.25) is 0 Å². The number of methoxy groups -OCH3 is 1. The molecule has 0 aliphatic rings. The largest absolute Gasteiger partial charge is 0.508 e. The molecule has 20 heavy (non-hydrogen) atoms. The molecule has 0 aliphatic carbocycles.